The van der Waals surface area contributed by atoms with Gasteiger partial charge in [0.2, 0.25) is 11.7 Å². The summed E-state index contributed by atoms with van der Waals surface area (Å²) in [6.07, 6.45) is 1.89. The average Bonchev–Trinajstić information content (AvgIpc) is 3.44. The highest BCUT2D eigenvalue weighted by Crippen LogP contribution is 2.41. The molecule has 1 amide bonds. The highest BCUT2D eigenvalue weighted by molar-refractivity contribution is 8.00. The zero-order valence-electron chi connectivity index (χ0n) is 17.3. The molecule has 1 aromatic heterocycles. The lowest BCUT2D eigenvalue weighted by Crippen LogP contribution is -2.28. The van der Waals surface area contributed by atoms with Crippen LogP contribution in [0.5, 0.6) is 0 Å². The lowest BCUT2D eigenvalue weighted by atomic mass is 10.0. The predicted octanol–water partition coefficient (Wildman–Crippen LogP) is 4.88. The fraction of sp³-hybridized carbons (Fsp3) is 0.115. The summed E-state index contributed by atoms with van der Waals surface area (Å²) in [5.41, 5.74) is 3.64. The monoisotopic (exact) mass is 439 g/mol. The average molecular weight is 440 g/mol. The predicted molar refractivity (Wildman–Crippen MR) is 126 cm³/mol. The Labute approximate surface area is 190 Å². The third-order valence-corrected chi connectivity index (χ3v) is 6.68. The van der Waals surface area contributed by atoms with Gasteiger partial charge in [-0.3, -0.25) is 9.59 Å². The van der Waals surface area contributed by atoms with E-state index in [4.69, 9.17) is 0 Å². The maximum absolute atomic E-state index is 13.4. The standard InChI is InChI=1S/C26H21N3O2S/c30-23-18-32-26(28(23)16-19-10-4-1-5-11-19)22-17-29(21-14-8-3-9-15-21)27-24(22)25(31)20-12-6-2-7-13-20/h1-15,17,26H,16,18H2/t26-/m0/s1. The van der Waals surface area contributed by atoms with E-state index in [1.807, 2.05) is 90.0 Å². The molecule has 2 heterocycles. The Hall–Kier alpha value is -3.64. The van der Waals surface area contributed by atoms with E-state index in [1.54, 1.807) is 16.8 Å². The maximum Gasteiger partial charge on any atom is 0.234 e. The van der Waals surface area contributed by atoms with Gasteiger partial charge in [0.1, 0.15) is 11.1 Å². The van der Waals surface area contributed by atoms with Crippen LogP contribution < -0.4 is 0 Å². The summed E-state index contributed by atoms with van der Waals surface area (Å²) in [6.45, 7) is 0.493. The quantitative estimate of drug-likeness (QED) is 0.402. The summed E-state index contributed by atoms with van der Waals surface area (Å²) >= 11 is 1.54. The summed E-state index contributed by atoms with van der Waals surface area (Å²) in [5, 5.41) is 4.41. The van der Waals surface area contributed by atoms with Gasteiger partial charge in [0.25, 0.3) is 0 Å². The topological polar surface area (TPSA) is 55.2 Å². The summed E-state index contributed by atoms with van der Waals surface area (Å²) in [5.74, 6) is 0.303. The normalized spacial score (nSPS) is 15.8. The molecule has 1 fully saturated rings. The van der Waals surface area contributed by atoms with Crippen molar-refractivity contribution in [1.29, 1.82) is 0 Å². The Kier molecular flexibility index (Phi) is 5.60. The minimum atomic E-state index is -0.275. The second-order valence-corrected chi connectivity index (χ2v) is 8.65. The molecule has 158 valence electrons. The highest BCUT2D eigenvalue weighted by atomic mass is 32.2. The van der Waals surface area contributed by atoms with E-state index in [2.05, 4.69) is 5.10 Å². The van der Waals surface area contributed by atoms with Gasteiger partial charge in [-0.25, -0.2) is 4.68 Å². The number of carbonyl (C=O) groups is 2. The van der Waals surface area contributed by atoms with Gasteiger partial charge in [-0.1, -0.05) is 78.9 Å². The molecule has 0 radical (unpaired) electrons. The first-order valence-electron chi connectivity index (χ1n) is 10.4. The van der Waals surface area contributed by atoms with E-state index >= 15 is 0 Å². The molecule has 5 nitrogen and oxygen atoms in total. The fourth-order valence-electron chi connectivity index (χ4n) is 3.85. The van der Waals surface area contributed by atoms with Crippen molar-refractivity contribution in [2.24, 2.45) is 0 Å². The minimum absolute atomic E-state index is 0.0643. The van der Waals surface area contributed by atoms with Gasteiger partial charge >= 0.3 is 0 Å². The van der Waals surface area contributed by atoms with Crippen LogP contribution in [-0.2, 0) is 11.3 Å². The number of para-hydroxylation sites is 1. The van der Waals surface area contributed by atoms with Crippen LogP contribution in [0, 0.1) is 0 Å². The maximum atomic E-state index is 13.4. The molecule has 0 N–H and O–H groups in total. The van der Waals surface area contributed by atoms with Crippen LogP contribution in [-0.4, -0.2) is 32.1 Å². The van der Waals surface area contributed by atoms with Crippen molar-refractivity contribution >= 4 is 23.5 Å². The smallest absolute Gasteiger partial charge is 0.234 e. The fourth-order valence-corrected chi connectivity index (χ4v) is 5.04. The van der Waals surface area contributed by atoms with Crippen LogP contribution in [0.4, 0.5) is 0 Å². The van der Waals surface area contributed by atoms with Gasteiger partial charge in [0.15, 0.2) is 0 Å². The number of hydrogen-bond donors (Lipinski definition) is 0. The van der Waals surface area contributed by atoms with Crippen LogP contribution in [0.15, 0.2) is 97.2 Å². The second kappa shape index (κ2) is 8.85. The summed E-state index contributed by atoms with van der Waals surface area (Å²) in [4.78, 5) is 28.1. The van der Waals surface area contributed by atoms with Crippen molar-refractivity contribution in [2.75, 3.05) is 5.75 Å². The molecule has 0 bridgehead atoms. The Bertz CT molecular complexity index is 1240. The molecule has 1 aliphatic heterocycles. The third kappa shape index (κ3) is 3.97. The summed E-state index contributed by atoms with van der Waals surface area (Å²) in [6, 6.07) is 28.8. The molecule has 1 atom stereocenters. The van der Waals surface area contributed by atoms with Crippen molar-refractivity contribution in [3.63, 3.8) is 0 Å². The van der Waals surface area contributed by atoms with Crippen LogP contribution in [0.1, 0.15) is 32.6 Å². The van der Waals surface area contributed by atoms with Gasteiger partial charge in [-0.05, 0) is 17.7 Å². The molecule has 4 aromatic rings. The molecular formula is C26H21N3O2S. The zero-order chi connectivity index (χ0) is 21.9. The molecule has 1 saturated heterocycles. The molecule has 0 spiro atoms. The molecule has 3 aromatic carbocycles. The van der Waals surface area contributed by atoms with Crippen LogP contribution >= 0.6 is 11.8 Å². The summed E-state index contributed by atoms with van der Waals surface area (Å²) in [7, 11) is 0. The Balaban J connectivity index is 1.57. The first-order valence-corrected chi connectivity index (χ1v) is 11.5. The molecule has 0 aliphatic carbocycles. The van der Waals surface area contributed by atoms with Crippen LogP contribution in [0.2, 0.25) is 0 Å². The number of aromatic nitrogens is 2. The minimum Gasteiger partial charge on any atom is -0.321 e. The number of ketones is 1. The van der Waals surface area contributed by atoms with E-state index in [-0.39, 0.29) is 17.1 Å². The Morgan fingerprint density at radius 3 is 2.22 bits per heavy atom. The van der Waals surface area contributed by atoms with Crippen molar-refractivity contribution < 1.29 is 9.59 Å². The zero-order valence-corrected chi connectivity index (χ0v) is 18.1. The van der Waals surface area contributed by atoms with E-state index in [0.29, 0.717) is 23.6 Å². The molecule has 5 rings (SSSR count). The van der Waals surface area contributed by atoms with Crippen LogP contribution in [0.25, 0.3) is 5.69 Å². The molecule has 1 aliphatic rings. The van der Waals surface area contributed by atoms with E-state index in [0.717, 1.165) is 16.8 Å². The van der Waals surface area contributed by atoms with E-state index in [9.17, 15) is 9.59 Å². The van der Waals surface area contributed by atoms with Gasteiger partial charge in [-0.2, -0.15) is 5.10 Å². The lowest BCUT2D eigenvalue weighted by Gasteiger charge is -2.24. The number of thioether (sulfide) groups is 1. The largest absolute Gasteiger partial charge is 0.321 e. The highest BCUT2D eigenvalue weighted by Gasteiger charge is 2.37. The SMILES string of the molecule is O=C(c1ccccc1)c1nn(-c2ccccc2)cc1[C@@H]1SCC(=O)N1Cc1ccccc1. The van der Waals surface area contributed by atoms with Gasteiger partial charge in [0.05, 0.1) is 11.4 Å². The molecule has 6 heteroatoms. The second-order valence-electron chi connectivity index (χ2n) is 7.58. The third-order valence-electron chi connectivity index (χ3n) is 5.44. The Morgan fingerprint density at radius 1 is 0.906 bits per heavy atom. The van der Waals surface area contributed by atoms with Crippen molar-refractivity contribution in [3.8, 4) is 5.69 Å². The molecular weight excluding hydrogens is 418 g/mol. The van der Waals surface area contributed by atoms with Crippen LogP contribution in [0.3, 0.4) is 0 Å². The number of rotatable bonds is 6. The van der Waals surface area contributed by atoms with Gasteiger partial charge in [-0.15, -0.1) is 11.8 Å². The lowest BCUT2D eigenvalue weighted by molar-refractivity contribution is -0.128. The van der Waals surface area contributed by atoms with Crippen molar-refractivity contribution in [2.45, 2.75) is 11.9 Å². The van der Waals surface area contributed by atoms with E-state index in [1.165, 1.54) is 11.8 Å². The van der Waals surface area contributed by atoms with Crippen molar-refractivity contribution in [1.82, 2.24) is 14.7 Å². The molecule has 32 heavy (non-hydrogen) atoms. The first-order chi connectivity index (χ1) is 15.7. The number of amides is 1. The number of nitrogens with zero attached hydrogens (tertiary/aromatic N) is 3. The van der Waals surface area contributed by atoms with E-state index < -0.39 is 0 Å². The Morgan fingerprint density at radius 2 is 1.53 bits per heavy atom. The number of carbonyl (C=O) groups excluding carboxylic acids is 2. The number of hydrogen-bond acceptors (Lipinski definition) is 4. The molecule has 0 saturated carbocycles. The molecule has 0 unspecified atom stereocenters. The number of benzene rings is 3. The summed E-state index contributed by atoms with van der Waals surface area (Å²) < 4.78 is 1.73. The van der Waals surface area contributed by atoms with Gasteiger partial charge < -0.3 is 4.90 Å². The van der Waals surface area contributed by atoms with Gasteiger partial charge in [0, 0.05) is 23.9 Å². The van der Waals surface area contributed by atoms with Crippen molar-refractivity contribution in [3.05, 3.63) is 120 Å². The first kappa shape index (κ1) is 20.3.